The van der Waals surface area contributed by atoms with Crippen LogP contribution in [-0.4, -0.2) is 16.8 Å². The highest BCUT2D eigenvalue weighted by Gasteiger charge is 2.37. The first kappa shape index (κ1) is 11.3. The molecule has 4 nitrogen and oxygen atoms in total. The standard InChI is InChI=1S/C14H14O4/c1-14(2,16)11-7-9-12(18-11)8-5-3-4-6-10(8)17-13(9)15/h3-6,11,16H,7H2,1-2H3. The Balaban J connectivity index is 2.21. The maximum Gasteiger partial charge on any atom is 0.343 e. The lowest BCUT2D eigenvalue weighted by Crippen LogP contribution is -2.39. The van der Waals surface area contributed by atoms with E-state index in [1.165, 1.54) is 0 Å². The Morgan fingerprint density at radius 3 is 2.78 bits per heavy atom. The predicted molar refractivity (Wildman–Crippen MR) is 66.9 cm³/mol. The van der Waals surface area contributed by atoms with Gasteiger partial charge in [0.2, 0.25) is 0 Å². The van der Waals surface area contributed by atoms with Crippen molar-refractivity contribution < 1.29 is 14.3 Å². The molecule has 1 N–H and O–H groups in total. The molecule has 3 rings (SSSR count). The molecule has 0 aliphatic carbocycles. The molecule has 1 aromatic heterocycles. The van der Waals surface area contributed by atoms with Gasteiger partial charge < -0.3 is 14.3 Å². The summed E-state index contributed by atoms with van der Waals surface area (Å²) < 4.78 is 11.0. The molecule has 2 heterocycles. The van der Waals surface area contributed by atoms with Gasteiger partial charge in [0.1, 0.15) is 17.4 Å². The third-order valence-corrected chi connectivity index (χ3v) is 3.29. The smallest absolute Gasteiger partial charge is 0.343 e. The van der Waals surface area contributed by atoms with Gasteiger partial charge in [0.15, 0.2) is 0 Å². The summed E-state index contributed by atoms with van der Waals surface area (Å²) in [4.78, 5) is 11.9. The molecule has 0 saturated heterocycles. The molecule has 94 valence electrons. The van der Waals surface area contributed by atoms with E-state index in [1.807, 2.05) is 12.1 Å². The first-order chi connectivity index (χ1) is 8.47. The van der Waals surface area contributed by atoms with E-state index < -0.39 is 11.7 Å². The van der Waals surface area contributed by atoms with Crippen LogP contribution in [0.5, 0.6) is 5.75 Å². The lowest BCUT2D eigenvalue weighted by Gasteiger charge is -2.24. The molecule has 4 heteroatoms. The predicted octanol–water partition coefficient (Wildman–Crippen LogP) is 1.87. The molecule has 0 fully saturated rings. The van der Waals surface area contributed by atoms with Crippen LogP contribution < -0.4 is 10.4 Å². The fourth-order valence-corrected chi connectivity index (χ4v) is 2.23. The fraction of sp³-hybridized carbons (Fsp3) is 0.357. The Hall–Kier alpha value is -1.81. The molecule has 0 radical (unpaired) electrons. The number of benzene rings is 1. The minimum Gasteiger partial charge on any atom is -0.486 e. The van der Waals surface area contributed by atoms with Gasteiger partial charge in [0.05, 0.1) is 16.6 Å². The molecule has 18 heavy (non-hydrogen) atoms. The third kappa shape index (κ3) is 1.61. The van der Waals surface area contributed by atoms with Gasteiger partial charge in [-0.15, -0.1) is 0 Å². The van der Waals surface area contributed by atoms with Crippen molar-refractivity contribution in [3.63, 3.8) is 0 Å². The van der Waals surface area contributed by atoms with E-state index >= 15 is 0 Å². The van der Waals surface area contributed by atoms with E-state index in [0.717, 1.165) is 5.39 Å². The maximum absolute atomic E-state index is 11.9. The third-order valence-electron chi connectivity index (χ3n) is 3.29. The summed E-state index contributed by atoms with van der Waals surface area (Å²) in [5.41, 5.74) is -0.346. The lowest BCUT2D eigenvalue weighted by molar-refractivity contribution is -0.0224. The number of hydrogen-bond acceptors (Lipinski definition) is 4. The average Bonchev–Trinajstić information content (AvgIpc) is 2.74. The monoisotopic (exact) mass is 246 g/mol. The van der Waals surface area contributed by atoms with Crippen LogP contribution in [0.2, 0.25) is 0 Å². The topological polar surface area (TPSA) is 59.7 Å². The van der Waals surface area contributed by atoms with Gasteiger partial charge in [-0.3, -0.25) is 0 Å². The second-order valence-electron chi connectivity index (χ2n) is 5.16. The summed E-state index contributed by atoms with van der Waals surface area (Å²) in [6.45, 7) is 3.35. The Morgan fingerprint density at radius 2 is 2.06 bits per heavy atom. The number of ether oxygens (including phenoxy) is 1. The van der Waals surface area contributed by atoms with Crippen molar-refractivity contribution in [2.75, 3.05) is 0 Å². The highest BCUT2D eigenvalue weighted by atomic mass is 16.5. The molecule has 1 aliphatic rings. The normalized spacial score (nSPS) is 18.7. The quantitative estimate of drug-likeness (QED) is 0.780. The van der Waals surface area contributed by atoms with Crippen LogP contribution in [0.3, 0.4) is 0 Å². The SMILES string of the molecule is CC(C)(O)C1Cc2c(c3ccccc3oc2=O)O1. The van der Waals surface area contributed by atoms with Gasteiger partial charge in [0, 0.05) is 6.42 Å². The van der Waals surface area contributed by atoms with Gasteiger partial charge in [-0.2, -0.15) is 0 Å². The number of aliphatic hydroxyl groups is 1. The van der Waals surface area contributed by atoms with Crippen LogP contribution in [0.4, 0.5) is 0 Å². The number of rotatable bonds is 1. The van der Waals surface area contributed by atoms with Crippen molar-refractivity contribution >= 4 is 11.0 Å². The van der Waals surface area contributed by atoms with Crippen LogP contribution in [0.25, 0.3) is 11.0 Å². The van der Waals surface area contributed by atoms with Crippen molar-refractivity contribution in [1.82, 2.24) is 0 Å². The number of fused-ring (bicyclic) bond motifs is 3. The molecule has 1 atom stereocenters. The molecule has 0 bridgehead atoms. The van der Waals surface area contributed by atoms with E-state index in [9.17, 15) is 9.90 Å². The Labute approximate surface area is 104 Å². The summed E-state index contributed by atoms with van der Waals surface area (Å²) >= 11 is 0. The molecule has 2 aromatic rings. The molecule has 0 amide bonds. The van der Waals surface area contributed by atoms with Gasteiger partial charge in [-0.25, -0.2) is 4.79 Å². The van der Waals surface area contributed by atoms with Gasteiger partial charge in [-0.05, 0) is 26.0 Å². The van der Waals surface area contributed by atoms with Crippen molar-refractivity contribution in [2.45, 2.75) is 32.0 Å². The van der Waals surface area contributed by atoms with E-state index in [4.69, 9.17) is 9.15 Å². The molecule has 1 aliphatic heterocycles. The molecule has 0 saturated carbocycles. The van der Waals surface area contributed by atoms with Crippen molar-refractivity contribution in [2.24, 2.45) is 0 Å². The molecule has 1 aromatic carbocycles. The zero-order valence-electron chi connectivity index (χ0n) is 10.3. The summed E-state index contributed by atoms with van der Waals surface area (Å²) in [5.74, 6) is 0.550. The summed E-state index contributed by atoms with van der Waals surface area (Å²) in [6, 6.07) is 7.26. The van der Waals surface area contributed by atoms with Crippen molar-refractivity contribution in [1.29, 1.82) is 0 Å². The second-order valence-corrected chi connectivity index (χ2v) is 5.16. The largest absolute Gasteiger partial charge is 0.486 e. The van der Waals surface area contributed by atoms with E-state index in [2.05, 4.69) is 0 Å². The average molecular weight is 246 g/mol. The van der Waals surface area contributed by atoms with Crippen LogP contribution >= 0.6 is 0 Å². The van der Waals surface area contributed by atoms with E-state index in [1.54, 1.807) is 26.0 Å². The minimum atomic E-state index is -0.993. The van der Waals surface area contributed by atoms with Crippen LogP contribution in [0.1, 0.15) is 19.4 Å². The minimum absolute atomic E-state index is 0.379. The summed E-state index contributed by atoms with van der Waals surface area (Å²) in [7, 11) is 0. The van der Waals surface area contributed by atoms with Crippen LogP contribution in [0.15, 0.2) is 33.5 Å². The lowest BCUT2D eigenvalue weighted by atomic mass is 9.98. The first-order valence-corrected chi connectivity index (χ1v) is 5.90. The van der Waals surface area contributed by atoms with Gasteiger partial charge >= 0.3 is 5.63 Å². The summed E-state index contributed by atoms with van der Waals surface area (Å²) in [6.07, 6.45) is -0.0346. The molecular formula is C14H14O4. The molecule has 0 spiro atoms. The van der Waals surface area contributed by atoms with E-state index in [0.29, 0.717) is 23.3 Å². The Bertz CT molecular complexity index is 664. The van der Waals surface area contributed by atoms with Gasteiger partial charge in [0.25, 0.3) is 0 Å². The highest BCUT2D eigenvalue weighted by molar-refractivity contribution is 5.84. The molecule has 1 unspecified atom stereocenters. The van der Waals surface area contributed by atoms with Gasteiger partial charge in [-0.1, -0.05) is 12.1 Å². The fourth-order valence-electron chi connectivity index (χ4n) is 2.23. The molecular weight excluding hydrogens is 232 g/mol. The summed E-state index contributed by atoms with van der Waals surface area (Å²) in [5, 5.41) is 10.8. The van der Waals surface area contributed by atoms with E-state index in [-0.39, 0.29) is 5.63 Å². The maximum atomic E-state index is 11.9. The Morgan fingerprint density at radius 1 is 1.33 bits per heavy atom. The first-order valence-electron chi connectivity index (χ1n) is 5.90. The number of hydrogen-bond donors (Lipinski definition) is 1. The van der Waals surface area contributed by atoms with Crippen LogP contribution in [0, 0.1) is 0 Å². The Kier molecular flexibility index (Phi) is 2.25. The highest BCUT2D eigenvalue weighted by Crippen LogP contribution is 2.36. The number of para-hydroxylation sites is 1. The van der Waals surface area contributed by atoms with Crippen LogP contribution in [-0.2, 0) is 6.42 Å². The van der Waals surface area contributed by atoms with Crippen molar-refractivity contribution in [3.05, 3.63) is 40.2 Å². The zero-order chi connectivity index (χ0) is 12.9. The second kappa shape index (κ2) is 3.59. The zero-order valence-corrected chi connectivity index (χ0v) is 10.3. The van der Waals surface area contributed by atoms with Crippen molar-refractivity contribution in [3.8, 4) is 5.75 Å².